The number of nitrogens with one attached hydrogen (secondary N) is 1. The van der Waals surface area contributed by atoms with E-state index in [1.54, 1.807) is 6.92 Å². The number of H-pyrrole nitrogens is 1. The molecular formula is C22H23N3O2S. The van der Waals surface area contributed by atoms with Crippen LogP contribution in [0, 0.1) is 25.2 Å². The first-order valence-electron chi connectivity index (χ1n) is 9.75. The van der Waals surface area contributed by atoms with Crippen molar-refractivity contribution in [3.8, 4) is 16.6 Å². The van der Waals surface area contributed by atoms with Gasteiger partial charge in [0.05, 0.1) is 17.9 Å². The lowest BCUT2D eigenvalue weighted by Gasteiger charge is -2.16. The molecule has 6 heteroatoms. The lowest BCUT2D eigenvalue weighted by Crippen LogP contribution is -2.03. The third-order valence-electron chi connectivity index (χ3n) is 5.56. The first-order valence-corrected chi connectivity index (χ1v) is 10.6. The highest BCUT2D eigenvalue weighted by atomic mass is 32.1. The fourth-order valence-corrected chi connectivity index (χ4v) is 5.31. The van der Waals surface area contributed by atoms with E-state index in [0.29, 0.717) is 23.1 Å². The zero-order valence-electron chi connectivity index (χ0n) is 16.4. The lowest BCUT2D eigenvalue weighted by atomic mass is 9.88. The van der Waals surface area contributed by atoms with Crippen molar-refractivity contribution in [3.05, 3.63) is 39.5 Å². The number of benzene rings is 1. The monoisotopic (exact) mass is 393 g/mol. The lowest BCUT2D eigenvalue weighted by molar-refractivity contribution is 0.0531. The van der Waals surface area contributed by atoms with Crippen molar-refractivity contribution in [1.82, 2.24) is 9.97 Å². The van der Waals surface area contributed by atoms with E-state index in [0.717, 1.165) is 45.6 Å². The number of nitriles is 1. The summed E-state index contributed by atoms with van der Waals surface area (Å²) in [4.78, 5) is 20.9. The molecule has 1 aliphatic rings. The number of ether oxygens (including phenoxy) is 1. The number of hydrogen-bond acceptors (Lipinski definition) is 5. The molecule has 0 amide bonds. The number of rotatable bonds is 4. The van der Waals surface area contributed by atoms with E-state index in [-0.39, 0.29) is 5.97 Å². The molecule has 0 unspecified atom stereocenters. The van der Waals surface area contributed by atoms with Gasteiger partial charge >= 0.3 is 5.97 Å². The van der Waals surface area contributed by atoms with E-state index in [9.17, 15) is 10.1 Å². The van der Waals surface area contributed by atoms with Gasteiger partial charge in [-0.15, -0.1) is 11.3 Å². The number of aromatic amines is 1. The molecule has 1 saturated carbocycles. The normalized spacial score (nSPS) is 14.5. The van der Waals surface area contributed by atoms with E-state index in [2.05, 4.69) is 17.1 Å². The van der Waals surface area contributed by atoms with E-state index in [1.165, 1.54) is 29.7 Å². The molecule has 144 valence electrons. The number of carbonyl (C=O) groups is 1. The van der Waals surface area contributed by atoms with Gasteiger partial charge in [-0.05, 0) is 57.2 Å². The summed E-state index contributed by atoms with van der Waals surface area (Å²) >= 11 is 1.38. The highest BCUT2D eigenvalue weighted by molar-refractivity contribution is 7.17. The number of thiazole rings is 1. The molecule has 0 saturated heterocycles. The standard InChI is InChI=1S/C22H23N3O2S/c1-4-27-22(26)20-13(3)25-21(28-20)15-9-10-17-19(16(11-23)12(2)24-17)18(15)14-7-5-6-8-14/h9-10,14,24H,4-8H2,1-3H3. The van der Waals surface area contributed by atoms with Crippen molar-refractivity contribution in [2.75, 3.05) is 6.61 Å². The van der Waals surface area contributed by atoms with Crippen LogP contribution >= 0.6 is 11.3 Å². The van der Waals surface area contributed by atoms with Crippen LogP contribution < -0.4 is 0 Å². The Balaban J connectivity index is 1.95. The molecule has 1 fully saturated rings. The Labute approximate surface area is 168 Å². The number of aromatic nitrogens is 2. The van der Waals surface area contributed by atoms with Crippen LogP contribution in [0.2, 0.25) is 0 Å². The average molecular weight is 394 g/mol. The minimum absolute atomic E-state index is 0.317. The predicted molar refractivity (Wildman–Crippen MR) is 111 cm³/mol. The van der Waals surface area contributed by atoms with E-state index in [4.69, 9.17) is 9.72 Å². The summed E-state index contributed by atoms with van der Waals surface area (Å²) in [7, 11) is 0. The Morgan fingerprint density at radius 1 is 1.36 bits per heavy atom. The molecule has 5 nitrogen and oxygen atoms in total. The van der Waals surface area contributed by atoms with Gasteiger partial charge in [-0.25, -0.2) is 9.78 Å². The van der Waals surface area contributed by atoms with Crippen LogP contribution in [-0.4, -0.2) is 22.5 Å². The third kappa shape index (κ3) is 3.00. The van der Waals surface area contributed by atoms with Crippen molar-refractivity contribution in [3.63, 3.8) is 0 Å². The minimum atomic E-state index is -0.317. The number of carbonyl (C=O) groups excluding carboxylic acids is 1. The first kappa shape index (κ1) is 18.7. The Bertz CT molecular complexity index is 1100. The molecule has 2 heterocycles. The van der Waals surface area contributed by atoms with Crippen LogP contribution in [0.15, 0.2) is 12.1 Å². The van der Waals surface area contributed by atoms with Gasteiger partial charge in [-0.1, -0.05) is 12.8 Å². The average Bonchev–Trinajstić information content (AvgIpc) is 3.39. The van der Waals surface area contributed by atoms with Crippen LogP contribution in [0.1, 0.15) is 70.7 Å². The maximum atomic E-state index is 12.3. The number of aryl methyl sites for hydroxylation is 2. The Kier molecular flexibility index (Phi) is 4.94. The number of hydrogen-bond donors (Lipinski definition) is 1. The van der Waals surface area contributed by atoms with E-state index < -0.39 is 0 Å². The molecule has 4 rings (SSSR count). The second kappa shape index (κ2) is 7.40. The van der Waals surface area contributed by atoms with E-state index in [1.807, 2.05) is 19.9 Å². The molecule has 0 aliphatic heterocycles. The zero-order valence-corrected chi connectivity index (χ0v) is 17.2. The largest absolute Gasteiger partial charge is 0.462 e. The third-order valence-corrected chi connectivity index (χ3v) is 6.73. The van der Waals surface area contributed by atoms with Gasteiger partial charge in [0, 0.05) is 22.2 Å². The van der Waals surface area contributed by atoms with Crippen molar-refractivity contribution in [1.29, 1.82) is 5.26 Å². The van der Waals surface area contributed by atoms with Crippen molar-refractivity contribution in [2.45, 2.75) is 52.4 Å². The number of esters is 1. The summed E-state index contributed by atoms with van der Waals surface area (Å²) in [6, 6.07) is 6.50. The van der Waals surface area contributed by atoms with Gasteiger partial charge in [0.1, 0.15) is 16.0 Å². The van der Waals surface area contributed by atoms with Gasteiger partial charge in [-0.2, -0.15) is 5.26 Å². The summed E-state index contributed by atoms with van der Waals surface area (Å²) in [6.45, 7) is 5.95. The molecule has 0 atom stereocenters. The maximum Gasteiger partial charge on any atom is 0.350 e. The van der Waals surface area contributed by atoms with Gasteiger partial charge in [-0.3, -0.25) is 0 Å². The molecule has 0 spiro atoms. The van der Waals surface area contributed by atoms with Crippen LogP contribution in [0.25, 0.3) is 21.5 Å². The molecular weight excluding hydrogens is 370 g/mol. The summed E-state index contributed by atoms with van der Waals surface area (Å²) in [5.41, 5.74) is 5.56. The second-order valence-corrected chi connectivity index (χ2v) is 8.32. The summed E-state index contributed by atoms with van der Waals surface area (Å²) in [6.07, 6.45) is 4.65. The second-order valence-electron chi connectivity index (χ2n) is 7.32. The number of fused-ring (bicyclic) bond motifs is 1. The summed E-state index contributed by atoms with van der Waals surface area (Å²) in [5, 5.41) is 11.6. The summed E-state index contributed by atoms with van der Waals surface area (Å²) < 4.78 is 5.18. The van der Waals surface area contributed by atoms with Gasteiger partial charge in [0.15, 0.2) is 0 Å². The molecule has 0 radical (unpaired) electrons. The van der Waals surface area contributed by atoms with Crippen molar-refractivity contribution >= 4 is 28.2 Å². The Morgan fingerprint density at radius 2 is 2.11 bits per heavy atom. The fraction of sp³-hybridized carbons (Fsp3) is 0.409. The predicted octanol–water partition coefficient (Wildman–Crippen LogP) is 5.61. The van der Waals surface area contributed by atoms with Crippen LogP contribution in [-0.2, 0) is 4.74 Å². The molecule has 3 aromatic rings. The highest BCUT2D eigenvalue weighted by Crippen LogP contribution is 2.45. The first-order chi connectivity index (χ1) is 13.5. The molecule has 1 N–H and O–H groups in total. The topological polar surface area (TPSA) is 78.8 Å². The zero-order chi connectivity index (χ0) is 19.8. The Morgan fingerprint density at radius 3 is 2.79 bits per heavy atom. The smallest absolute Gasteiger partial charge is 0.350 e. The molecule has 1 aliphatic carbocycles. The number of nitrogens with zero attached hydrogens (tertiary/aromatic N) is 2. The maximum absolute atomic E-state index is 12.3. The van der Waals surface area contributed by atoms with Crippen molar-refractivity contribution in [2.24, 2.45) is 0 Å². The fourth-order valence-electron chi connectivity index (χ4n) is 4.31. The SMILES string of the molecule is CCOC(=O)c1sc(-c2ccc3[nH]c(C)c(C#N)c3c2C2CCCC2)nc1C. The molecule has 0 bridgehead atoms. The highest BCUT2D eigenvalue weighted by Gasteiger charge is 2.27. The van der Waals surface area contributed by atoms with Gasteiger partial charge < -0.3 is 9.72 Å². The Hall–Kier alpha value is -2.65. The van der Waals surface area contributed by atoms with E-state index >= 15 is 0 Å². The van der Waals surface area contributed by atoms with Gasteiger partial charge in [0.25, 0.3) is 0 Å². The molecule has 28 heavy (non-hydrogen) atoms. The minimum Gasteiger partial charge on any atom is -0.462 e. The van der Waals surface area contributed by atoms with Crippen LogP contribution in [0.3, 0.4) is 0 Å². The van der Waals surface area contributed by atoms with Crippen LogP contribution in [0.5, 0.6) is 0 Å². The van der Waals surface area contributed by atoms with Crippen LogP contribution in [0.4, 0.5) is 0 Å². The molecule has 2 aromatic heterocycles. The summed E-state index contributed by atoms with van der Waals surface area (Å²) in [5.74, 6) is 0.0960. The van der Waals surface area contributed by atoms with Gasteiger partial charge in [0.2, 0.25) is 0 Å². The molecule has 1 aromatic carbocycles. The van der Waals surface area contributed by atoms with Crippen molar-refractivity contribution < 1.29 is 9.53 Å². The quantitative estimate of drug-likeness (QED) is 0.584.